The average molecular weight is 329 g/mol. The van der Waals surface area contributed by atoms with Crippen molar-refractivity contribution in [2.45, 2.75) is 10.9 Å². The monoisotopic (exact) mass is 328 g/mol. The Morgan fingerprint density at radius 1 is 1.10 bits per heavy atom. The highest BCUT2D eigenvalue weighted by Gasteiger charge is 2.54. The number of rotatable bonds is 3. The summed E-state index contributed by atoms with van der Waals surface area (Å²) in [5, 5.41) is 3.09. The van der Waals surface area contributed by atoms with Gasteiger partial charge in [0.1, 0.15) is 4.90 Å². The van der Waals surface area contributed by atoms with E-state index < -0.39 is 32.4 Å². The molecule has 1 aromatic carbocycles. The van der Waals surface area contributed by atoms with Crippen LogP contribution in [-0.2, 0) is 10.0 Å². The first-order valence-electron chi connectivity index (χ1n) is 5.78. The Bertz CT molecular complexity index is 631. The summed E-state index contributed by atoms with van der Waals surface area (Å²) in [5.41, 5.74) is 0. The molecule has 2 aliphatic rings. The van der Waals surface area contributed by atoms with Crippen molar-refractivity contribution in [1.82, 2.24) is 10.0 Å². The number of piperidine rings is 1. The van der Waals surface area contributed by atoms with Crippen LogP contribution in [0.2, 0.25) is 0 Å². The molecule has 1 aliphatic heterocycles. The molecule has 2 unspecified atom stereocenters. The van der Waals surface area contributed by atoms with Crippen LogP contribution in [0.25, 0.3) is 0 Å². The fourth-order valence-corrected chi connectivity index (χ4v) is 3.96. The topological polar surface area (TPSA) is 58.2 Å². The van der Waals surface area contributed by atoms with Gasteiger partial charge in [0.05, 0.1) is 0 Å². The summed E-state index contributed by atoms with van der Waals surface area (Å²) in [5.74, 6) is -4.48. The highest BCUT2D eigenvalue weighted by Crippen LogP contribution is 2.42. The van der Waals surface area contributed by atoms with Gasteiger partial charge in [-0.1, -0.05) is 0 Å². The molecular formula is C11H12ClF3N2O2S. The van der Waals surface area contributed by atoms with Crippen molar-refractivity contribution in [3.63, 3.8) is 0 Å². The maximum absolute atomic E-state index is 13.5. The standard InChI is InChI=1S/C11H11F3N2O2S.ClH/c12-7-1-2-8(10(14)9(7)13)19(17,18)16-11-5-3-15-4-6(5)11;/h1-2,5-6,11,15-16H,3-4H2;1H. The molecule has 1 aromatic rings. The van der Waals surface area contributed by atoms with Crippen LogP contribution < -0.4 is 10.0 Å². The third-order valence-corrected chi connectivity index (χ3v) is 5.15. The van der Waals surface area contributed by atoms with Crippen LogP contribution in [0.5, 0.6) is 0 Å². The summed E-state index contributed by atoms with van der Waals surface area (Å²) in [6, 6.07) is 1.08. The molecule has 0 aromatic heterocycles. The Labute approximate surface area is 120 Å². The fraction of sp³-hybridized carbons (Fsp3) is 0.455. The molecule has 0 radical (unpaired) electrons. The van der Waals surface area contributed by atoms with E-state index in [-0.39, 0.29) is 30.3 Å². The molecule has 2 N–H and O–H groups in total. The van der Waals surface area contributed by atoms with Crippen LogP contribution in [0.1, 0.15) is 0 Å². The molecule has 0 spiro atoms. The zero-order valence-corrected chi connectivity index (χ0v) is 11.7. The lowest BCUT2D eigenvalue weighted by atomic mass is 10.3. The molecule has 0 amide bonds. The van der Waals surface area contributed by atoms with Crippen LogP contribution >= 0.6 is 12.4 Å². The van der Waals surface area contributed by atoms with Crippen LogP contribution in [0, 0.1) is 29.3 Å². The van der Waals surface area contributed by atoms with E-state index in [0.717, 1.165) is 6.07 Å². The Morgan fingerprint density at radius 3 is 2.30 bits per heavy atom. The first-order valence-corrected chi connectivity index (χ1v) is 7.26. The van der Waals surface area contributed by atoms with Gasteiger partial charge < -0.3 is 5.32 Å². The van der Waals surface area contributed by atoms with Crippen molar-refractivity contribution in [1.29, 1.82) is 0 Å². The molecule has 20 heavy (non-hydrogen) atoms. The second-order valence-corrected chi connectivity index (χ2v) is 6.49. The minimum Gasteiger partial charge on any atom is -0.316 e. The first kappa shape index (κ1) is 15.6. The number of hydrogen-bond donors (Lipinski definition) is 2. The summed E-state index contributed by atoms with van der Waals surface area (Å²) in [6.45, 7) is 1.41. The highest BCUT2D eigenvalue weighted by molar-refractivity contribution is 7.89. The largest absolute Gasteiger partial charge is 0.316 e. The quantitative estimate of drug-likeness (QED) is 0.815. The van der Waals surface area contributed by atoms with E-state index in [4.69, 9.17) is 0 Å². The van der Waals surface area contributed by atoms with Gasteiger partial charge in [-0.2, -0.15) is 0 Å². The van der Waals surface area contributed by atoms with Crippen LogP contribution in [-0.4, -0.2) is 27.5 Å². The Balaban J connectivity index is 0.00000147. The van der Waals surface area contributed by atoms with Crippen LogP contribution in [0.3, 0.4) is 0 Å². The predicted octanol–water partition coefficient (Wildman–Crippen LogP) is 1.02. The summed E-state index contributed by atoms with van der Waals surface area (Å²) in [4.78, 5) is -0.857. The maximum Gasteiger partial charge on any atom is 0.243 e. The molecule has 1 saturated carbocycles. The Morgan fingerprint density at radius 2 is 1.70 bits per heavy atom. The number of halogens is 4. The Kier molecular flexibility index (Phi) is 4.03. The molecule has 2 atom stereocenters. The van der Waals surface area contributed by atoms with Gasteiger partial charge in [-0.05, 0) is 37.1 Å². The predicted molar refractivity (Wildman–Crippen MR) is 67.5 cm³/mol. The van der Waals surface area contributed by atoms with E-state index in [9.17, 15) is 21.6 Å². The van der Waals surface area contributed by atoms with Crippen LogP contribution in [0.15, 0.2) is 17.0 Å². The van der Waals surface area contributed by atoms with Crippen molar-refractivity contribution in [2.24, 2.45) is 11.8 Å². The lowest BCUT2D eigenvalue weighted by Gasteiger charge is -2.10. The van der Waals surface area contributed by atoms with E-state index in [0.29, 0.717) is 19.2 Å². The molecule has 3 rings (SSSR count). The smallest absolute Gasteiger partial charge is 0.243 e. The van der Waals surface area contributed by atoms with Gasteiger partial charge in [0.2, 0.25) is 10.0 Å². The molecule has 1 heterocycles. The van der Waals surface area contributed by atoms with Gasteiger partial charge in [0, 0.05) is 6.04 Å². The van der Waals surface area contributed by atoms with Gasteiger partial charge in [-0.3, -0.25) is 0 Å². The minimum atomic E-state index is -4.17. The van der Waals surface area contributed by atoms with Crippen molar-refractivity contribution >= 4 is 22.4 Å². The molecule has 1 saturated heterocycles. The lowest BCUT2D eigenvalue weighted by molar-refractivity contribution is 0.431. The summed E-state index contributed by atoms with van der Waals surface area (Å²) < 4.78 is 65.5. The molecule has 2 fully saturated rings. The third kappa shape index (κ3) is 2.41. The van der Waals surface area contributed by atoms with Crippen molar-refractivity contribution in [3.05, 3.63) is 29.6 Å². The van der Waals surface area contributed by atoms with Gasteiger partial charge in [-0.15, -0.1) is 12.4 Å². The number of nitrogens with one attached hydrogen (secondary N) is 2. The van der Waals surface area contributed by atoms with Crippen molar-refractivity contribution in [2.75, 3.05) is 13.1 Å². The van der Waals surface area contributed by atoms with E-state index in [2.05, 4.69) is 10.0 Å². The number of hydrogen-bond acceptors (Lipinski definition) is 3. The van der Waals surface area contributed by atoms with Crippen molar-refractivity contribution in [3.8, 4) is 0 Å². The molecule has 0 bridgehead atoms. The van der Waals surface area contributed by atoms with E-state index >= 15 is 0 Å². The van der Waals surface area contributed by atoms with Gasteiger partial charge in [0.15, 0.2) is 17.5 Å². The zero-order valence-electron chi connectivity index (χ0n) is 10.1. The van der Waals surface area contributed by atoms with Crippen LogP contribution in [0.4, 0.5) is 13.2 Å². The average Bonchev–Trinajstić information content (AvgIpc) is 2.78. The summed E-state index contributed by atoms with van der Waals surface area (Å²) >= 11 is 0. The molecular weight excluding hydrogens is 317 g/mol. The van der Waals surface area contributed by atoms with E-state index in [1.54, 1.807) is 0 Å². The van der Waals surface area contributed by atoms with E-state index in [1.807, 2.05) is 0 Å². The third-order valence-electron chi connectivity index (χ3n) is 3.67. The number of sulfonamides is 1. The van der Waals surface area contributed by atoms with E-state index in [1.165, 1.54) is 0 Å². The van der Waals surface area contributed by atoms with Gasteiger partial charge in [0.25, 0.3) is 0 Å². The zero-order chi connectivity index (χ0) is 13.8. The lowest BCUT2D eigenvalue weighted by Crippen LogP contribution is -2.33. The Hall–Kier alpha value is -0.830. The number of benzene rings is 1. The number of fused-ring (bicyclic) bond motifs is 1. The highest BCUT2D eigenvalue weighted by atomic mass is 35.5. The normalized spacial score (nSPS) is 27.9. The first-order chi connectivity index (χ1) is 8.92. The maximum atomic E-state index is 13.5. The second-order valence-electron chi connectivity index (χ2n) is 4.81. The molecule has 4 nitrogen and oxygen atoms in total. The van der Waals surface area contributed by atoms with Crippen molar-refractivity contribution < 1.29 is 21.6 Å². The fourth-order valence-electron chi connectivity index (χ4n) is 2.55. The molecule has 9 heteroatoms. The SMILES string of the molecule is Cl.O=S(=O)(NC1C2CNCC21)c1ccc(F)c(F)c1F. The summed E-state index contributed by atoms with van der Waals surface area (Å²) in [6.07, 6.45) is 0. The minimum absolute atomic E-state index is 0. The second kappa shape index (κ2) is 5.18. The molecule has 112 valence electrons. The van der Waals surface area contributed by atoms with Gasteiger partial charge in [-0.25, -0.2) is 26.3 Å². The summed E-state index contributed by atoms with van der Waals surface area (Å²) in [7, 11) is -4.17. The molecule has 1 aliphatic carbocycles. The van der Waals surface area contributed by atoms with Gasteiger partial charge >= 0.3 is 0 Å².